The molecule has 0 radical (unpaired) electrons. The van der Waals surface area contributed by atoms with Gasteiger partial charge in [-0.3, -0.25) is 0 Å². The SMILES string of the molecule is O=C(O)/C=C/c1cn(CC2CC2)c2ccccc12. The summed E-state index contributed by atoms with van der Waals surface area (Å²) in [4.78, 5) is 10.6. The zero-order chi connectivity index (χ0) is 12.5. The van der Waals surface area contributed by atoms with Crippen molar-refractivity contribution in [2.24, 2.45) is 5.92 Å². The van der Waals surface area contributed by atoms with Gasteiger partial charge in [-0.25, -0.2) is 4.79 Å². The average molecular weight is 241 g/mol. The minimum atomic E-state index is -0.908. The van der Waals surface area contributed by atoms with Crippen LogP contribution in [0.5, 0.6) is 0 Å². The molecule has 1 aromatic carbocycles. The van der Waals surface area contributed by atoms with Crippen LogP contribution in [0, 0.1) is 5.92 Å². The van der Waals surface area contributed by atoms with E-state index in [1.54, 1.807) is 6.08 Å². The number of hydrogen-bond acceptors (Lipinski definition) is 1. The van der Waals surface area contributed by atoms with Crippen LogP contribution < -0.4 is 0 Å². The van der Waals surface area contributed by atoms with Gasteiger partial charge in [-0.15, -0.1) is 0 Å². The van der Waals surface area contributed by atoms with Crippen LogP contribution in [0.2, 0.25) is 0 Å². The monoisotopic (exact) mass is 241 g/mol. The molecule has 0 bridgehead atoms. The first kappa shape index (κ1) is 11.1. The van der Waals surface area contributed by atoms with E-state index in [9.17, 15) is 4.79 Å². The van der Waals surface area contributed by atoms with Crippen LogP contribution in [-0.2, 0) is 11.3 Å². The van der Waals surface area contributed by atoms with Gasteiger partial charge in [0, 0.05) is 35.3 Å². The summed E-state index contributed by atoms with van der Waals surface area (Å²) in [6, 6.07) is 8.15. The molecule has 3 heteroatoms. The minimum Gasteiger partial charge on any atom is -0.478 e. The van der Waals surface area contributed by atoms with Gasteiger partial charge in [0.2, 0.25) is 0 Å². The number of rotatable bonds is 4. The lowest BCUT2D eigenvalue weighted by Gasteiger charge is -2.02. The Morgan fingerprint density at radius 1 is 1.39 bits per heavy atom. The number of para-hydroxylation sites is 1. The van der Waals surface area contributed by atoms with Gasteiger partial charge >= 0.3 is 5.97 Å². The summed E-state index contributed by atoms with van der Waals surface area (Å²) < 4.78 is 2.24. The molecular weight excluding hydrogens is 226 g/mol. The van der Waals surface area contributed by atoms with Gasteiger partial charge in [-0.1, -0.05) is 18.2 Å². The van der Waals surface area contributed by atoms with E-state index < -0.39 is 5.97 Å². The second kappa shape index (κ2) is 4.33. The minimum absolute atomic E-state index is 0.803. The van der Waals surface area contributed by atoms with Crippen molar-refractivity contribution >= 4 is 22.9 Å². The number of carboxylic acids is 1. The lowest BCUT2D eigenvalue weighted by atomic mass is 10.1. The molecule has 1 aliphatic rings. The van der Waals surface area contributed by atoms with Crippen LogP contribution in [0.15, 0.2) is 36.5 Å². The predicted molar refractivity (Wildman–Crippen MR) is 71.3 cm³/mol. The number of fused-ring (bicyclic) bond motifs is 1. The van der Waals surface area contributed by atoms with Crippen molar-refractivity contribution < 1.29 is 9.90 Å². The highest BCUT2D eigenvalue weighted by atomic mass is 16.4. The van der Waals surface area contributed by atoms with E-state index in [2.05, 4.69) is 16.8 Å². The van der Waals surface area contributed by atoms with Crippen LogP contribution >= 0.6 is 0 Å². The Morgan fingerprint density at radius 3 is 2.89 bits per heavy atom. The van der Waals surface area contributed by atoms with Crippen molar-refractivity contribution in [1.29, 1.82) is 0 Å². The number of aliphatic carboxylic acids is 1. The summed E-state index contributed by atoms with van der Waals surface area (Å²) in [5.41, 5.74) is 2.17. The lowest BCUT2D eigenvalue weighted by Crippen LogP contribution is -1.96. The van der Waals surface area contributed by atoms with Crippen molar-refractivity contribution in [1.82, 2.24) is 4.57 Å². The summed E-state index contributed by atoms with van der Waals surface area (Å²) >= 11 is 0. The van der Waals surface area contributed by atoms with Crippen molar-refractivity contribution in [3.8, 4) is 0 Å². The molecule has 1 aliphatic carbocycles. The fourth-order valence-electron chi connectivity index (χ4n) is 2.30. The van der Waals surface area contributed by atoms with Gasteiger partial charge < -0.3 is 9.67 Å². The normalized spacial score (nSPS) is 15.6. The second-order valence-corrected chi connectivity index (χ2v) is 4.87. The summed E-state index contributed by atoms with van der Waals surface area (Å²) in [6.45, 7) is 1.04. The lowest BCUT2D eigenvalue weighted by molar-refractivity contribution is -0.131. The highest BCUT2D eigenvalue weighted by molar-refractivity contribution is 5.93. The van der Waals surface area contributed by atoms with Gasteiger partial charge in [0.25, 0.3) is 0 Å². The number of benzene rings is 1. The molecule has 0 atom stereocenters. The van der Waals surface area contributed by atoms with Gasteiger partial charge in [0.05, 0.1) is 0 Å². The summed E-state index contributed by atoms with van der Waals surface area (Å²) in [6.07, 6.45) is 7.55. The Kier molecular flexibility index (Phi) is 2.67. The molecule has 0 saturated heterocycles. The van der Waals surface area contributed by atoms with Gasteiger partial charge in [-0.2, -0.15) is 0 Å². The zero-order valence-corrected chi connectivity index (χ0v) is 10.0. The Bertz CT molecular complexity index is 620. The smallest absolute Gasteiger partial charge is 0.328 e. The molecule has 18 heavy (non-hydrogen) atoms. The van der Waals surface area contributed by atoms with E-state index in [4.69, 9.17) is 5.11 Å². The third kappa shape index (κ3) is 2.16. The quantitative estimate of drug-likeness (QED) is 0.835. The van der Waals surface area contributed by atoms with Crippen molar-refractivity contribution in [3.05, 3.63) is 42.1 Å². The summed E-state index contributed by atoms with van der Waals surface area (Å²) in [5, 5.41) is 9.84. The molecule has 2 aromatic rings. The number of carbonyl (C=O) groups is 1. The molecular formula is C15H15NO2. The van der Waals surface area contributed by atoms with E-state index in [1.807, 2.05) is 18.2 Å². The van der Waals surface area contributed by atoms with Crippen LogP contribution in [0.1, 0.15) is 18.4 Å². The molecule has 1 N–H and O–H groups in total. The summed E-state index contributed by atoms with van der Waals surface area (Å²) in [7, 11) is 0. The molecule has 92 valence electrons. The maximum Gasteiger partial charge on any atom is 0.328 e. The zero-order valence-electron chi connectivity index (χ0n) is 10.0. The molecule has 1 heterocycles. The predicted octanol–water partition coefficient (Wildman–Crippen LogP) is 3.15. The number of carboxylic acid groups (broad SMARTS) is 1. The Labute approximate surface area is 105 Å². The van der Waals surface area contributed by atoms with E-state index in [0.29, 0.717) is 0 Å². The number of nitrogens with zero attached hydrogens (tertiary/aromatic N) is 1. The average Bonchev–Trinajstić information content (AvgIpc) is 3.10. The van der Waals surface area contributed by atoms with E-state index >= 15 is 0 Å². The first-order valence-electron chi connectivity index (χ1n) is 6.23. The highest BCUT2D eigenvalue weighted by Gasteiger charge is 2.22. The van der Waals surface area contributed by atoms with E-state index in [1.165, 1.54) is 24.4 Å². The maximum absolute atomic E-state index is 10.6. The molecule has 0 aliphatic heterocycles. The van der Waals surface area contributed by atoms with Crippen molar-refractivity contribution in [3.63, 3.8) is 0 Å². The Hall–Kier alpha value is -2.03. The fourth-order valence-corrected chi connectivity index (χ4v) is 2.30. The molecule has 1 fully saturated rings. The van der Waals surface area contributed by atoms with Crippen molar-refractivity contribution in [2.75, 3.05) is 0 Å². The second-order valence-electron chi connectivity index (χ2n) is 4.87. The van der Waals surface area contributed by atoms with E-state index in [-0.39, 0.29) is 0 Å². The first-order valence-corrected chi connectivity index (χ1v) is 6.23. The third-order valence-corrected chi connectivity index (χ3v) is 3.38. The first-order chi connectivity index (χ1) is 8.74. The third-order valence-electron chi connectivity index (χ3n) is 3.38. The van der Waals surface area contributed by atoms with Gasteiger partial charge in [0.1, 0.15) is 0 Å². The Balaban J connectivity index is 2.04. The number of hydrogen-bond donors (Lipinski definition) is 1. The fraction of sp³-hybridized carbons (Fsp3) is 0.267. The van der Waals surface area contributed by atoms with E-state index in [0.717, 1.165) is 23.4 Å². The molecule has 3 rings (SSSR count). The topological polar surface area (TPSA) is 42.2 Å². The molecule has 0 spiro atoms. The molecule has 1 saturated carbocycles. The van der Waals surface area contributed by atoms with Gasteiger partial charge in [0.15, 0.2) is 0 Å². The van der Waals surface area contributed by atoms with Crippen LogP contribution in [0.4, 0.5) is 0 Å². The van der Waals surface area contributed by atoms with Gasteiger partial charge in [-0.05, 0) is 30.9 Å². The van der Waals surface area contributed by atoms with Crippen LogP contribution in [0.3, 0.4) is 0 Å². The maximum atomic E-state index is 10.6. The van der Waals surface area contributed by atoms with Crippen LogP contribution in [0.25, 0.3) is 17.0 Å². The molecule has 1 aromatic heterocycles. The molecule has 0 amide bonds. The largest absolute Gasteiger partial charge is 0.478 e. The molecule has 3 nitrogen and oxygen atoms in total. The number of aromatic nitrogens is 1. The van der Waals surface area contributed by atoms with Crippen molar-refractivity contribution in [2.45, 2.75) is 19.4 Å². The Morgan fingerprint density at radius 2 is 2.17 bits per heavy atom. The summed E-state index contributed by atoms with van der Waals surface area (Å²) in [5.74, 6) is -0.105. The highest BCUT2D eigenvalue weighted by Crippen LogP contribution is 2.33. The van der Waals surface area contributed by atoms with Crippen LogP contribution in [-0.4, -0.2) is 15.6 Å². The molecule has 0 unspecified atom stereocenters. The standard InChI is InChI=1S/C15H15NO2/c17-15(18)8-7-12-10-16(9-11-5-6-11)14-4-2-1-3-13(12)14/h1-4,7-8,10-11H,5-6,9H2,(H,17,18)/b8-7+.